The number of phenolic OH excluding ortho intramolecular Hbond substituents is 2. The number of rotatable bonds is 5. The molecule has 0 saturated heterocycles. The van der Waals surface area contributed by atoms with Crippen molar-refractivity contribution in [2.24, 2.45) is 0 Å². The average molecular weight is 384 g/mol. The number of carbonyl (C=O) groups is 1. The molecule has 0 spiro atoms. The molecule has 2 aromatic rings. The third-order valence-corrected chi connectivity index (χ3v) is 4.80. The molecule has 1 heterocycles. The summed E-state index contributed by atoms with van der Waals surface area (Å²) in [7, 11) is 3.15. The van der Waals surface area contributed by atoms with E-state index in [0.29, 0.717) is 23.5 Å². The maximum atomic E-state index is 13.1. The number of hydrogen-bond donors (Lipinski definition) is 2. The van der Waals surface area contributed by atoms with E-state index >= 15 is 0 Å². The number of ether oxygens (including phenoxy) is 3. The largest absolute Gasteiger partial charge is 0.508 e. The van der Waals surface area contributed by atoms with Crippen molar-refractivity contribution in [1.29, 1.82) is 0 Å². The second-order valence-electron chi connectivity index (χ2n) is 6.92. The van der Waals surface area contributed by atoms with Crippen molar-refractivity contribution in [2.75, 3.05) is 20.8 Å². The number of hydrogen-bond acceptors (Lipinski definition) is 6. The van der Waals surface area contributed by atoms with E-state index in [-0.39, 0.29) is 35.2 Å². The Morgan fingerprint density at radius 1 is 1.21 bits per heavy atom. The Bertz CT molecular complexity index is 941. The van der Waals surface area contributed by atoms with Crippen molar-refractivity contribution in [3.05, 3.63) is 52.6 Å². The minimum absolute atomic E-state index is 0.0674. The van der Waals surface area contributed by atoms with Crippen LogP contribution in [0.2, 0.25) is 0 Å². The van der Waals surface area contributed by atoms with E-state index < -0.39 is 5.92 Å². The van der Waals surface area contributed by atoms with Gasteiger partial charge in [-0.3, -0.25) is 4.79 Å². The van der Waals surface area contributed by atoms with E-state index in [2.05, 4.69) is 6.08 Å². The number of fused-ring (bicyclic) bond motifs is 1. The van der Waals surface area contributed by atoms with Gasteiger partial charge in [0.15, 0.2) is 5.78 Å². The van der Waals surface area contributed by atoms with Crippen molar-refractivity contribution < 1.29 is 29.2 Å². The van der Waals surface area contributed by atoms with E-state index in [4.69, 9.17) is 14.2 Å². The van der Waals surface area contributed by atoms with Crippen molar-refractivity contribution in [1.82, 2.24) is 0 Å². The molecule has 0 radical (unpaired) electrons. The quantitative estimate of drug-likeness (QED) is 0.759. The maximum Gasteiger partial charge on any atom is 0.181 e. The second-order valence-corrected chi connectivity index (χ2v) is 6.92. The molecule has 3 rings (SSSR count). The third kappa shape index (κ3) is 3.50. The summed E-state index contributed by atoms with van der Waals surface area (Å²) in [6, 6.07) is 6.06. The zero-order valence-corrected chi connectivity index (χ0v) is 16.4. The number of phenols is 2. The van der Waals surface area contributed by atoms with Crippen LogP contribution in [-0.2, 0) is 6.42 Å². The van der Waals surface area contributed by atoms with Gasteiger partial charge in [0.05, 0.1) is 20.1 Å². The molecule has 6 heteroatoms. The van der Waals surface area contributed by atoms with E-state index in [9.17, 15) is 15.0 Å². The second kappa shape index (κ2) is 7.84. The molecule has 0 aromatic heterocycles. The van der Waals surface area contributed by atoms with Crippen molar-refractivity contribution in [3.8, 4) is 28.7 Å². The number of ketones is 1. The van der Waals surface area contributed by atoms with Gasteiger partial charge >= 0.3 is 0 Å². The molecule has 0 fully saturated rings. The molecule has 2 aromatic carbocycles. The molecular weight excluding hydrogens is 360 g/mol. The summed E-state index contributed by atoms with van der Waals surface area (Å²) in [6.07, 6.45) is 2.66. The Morgan fingerprint density at radius 3 is 2.61 bits per heavy atom. The first-order valence-electron chi connectivity index (χ1n) is 8.97. The summed E-state index contributed by atoms with van der Waals surface area (Å²) in [4.78, 5) is 13.1. The molecule has 0 bridgehead atoms. The number of allylic oxidation sites excluding steroid dienone is 2. The molecule has 1 aliphatic heterocycles. The van der Waals surface area contributed by atoms with Crippen LogP contribution in [0.25, 0.3) is 0 Å². The van der Waals surface area contributed by atoms with E-state index in [0.717, 1.165) is 17.2 Å². The molecule has 1 atom stereocenters. The van der Waals surface area contributed by atoms with Crippen LogP contribution in [0.5, 0.6) is 28.7 Å². The molecule has 1 unspecified atom stereocenters. The van der Waals surface area contributed by atoms with Crippen LogP contribution in [0.3, 0.4) is 0 Å². The first kappa shape index (κ1) is 19.6. The molecule has 2 N–H and O–H groups in total. The van der Waals surface area contributed by atoms with Gasteiger partial charge in [0.2, 0.25) is 0 Å². The zero-order valence-electron chi connectivity index (χ0n) is 16.4. The first-order valence-corrected chi connectivity index (χ1v) is 8.97. The normalized spacial score (nSPS) is 15.4. The Labute approximate surface area is 164 Å². The summed E-state index contributed by atoms with van der Waals surface area (Å²) >= 11 is 0. The summed E-state index contributed by atoms with van der Waals surface area (Å²) in [5.41, 5.74) is 2.74. The SMILES string of the molecule is COc1ccc(C2COc3cc(O)cc(O)c3C2=O)c(OC)c1CC=C(C)C. The number of benzene rings is 2. The molecule has 28 heavy (non-hydrogen) atoms. The van der Waals surface area contributed by atoms with Crippen LogP contribution in [0.15, 0.2) is 35.9 Å². The van der Waals surface area contributed by atoms with E-state index in [1.165, 1.54) is 6.07 Å². The lowest BCUT2D eigenvalue weighted by atomic mass is 9.86. The van der Waals surface area contributed by atoms with Crippen LogP contribution < -0.4 is 14.2 Å². The first-order chi connectivity index (χ1) is 13.4. The lowest BCUT2D eigenvalue weighted by Gasteiger charge is -2.27. The zero-order chi connectivity index (χ0) is 20.4. The molecule has 0 aliphatic carbocycles. The fourth-order valence-electron chi connectivity index (χ4n) is 3.44. The number of carbonyl (C=O) groups excluding carboxylic acids is 1. The molecule has 1 aliphatic rings. The summed E-state index contributed by atoms with van der Waals surface area (Å²) in [5.74, 6) is 0.0343. The molecule has 6 nitrogen and oxygen atoms in total. The summed E-state index contributed by atoms with van der Waals surface area (Å²) in [6.45, 7) is 4.10. The minimum Gasteiger partial charge on any atom is -0.508 e. The number of methoxy groups -OCH3 is 2. The molecule has 148 valence electrons. The number of Topliss-reactive ketones (excluding diaryl/α,β-unsaturated/α-hetero) is 1. The maximum absolute atomic E-state index is 13.1. The van der Waals surface area contributed by atoms with Gasteiger partial charge in [0, 0.05) is 23.3 Å². The van der Waals surface area contributed by atoms with Gasteiger partial charge in [0.1, 0.15) is 40.9 Å². The van der Waals surface area contributed by atoms with Gasteiger partial charge in [-0.15, -0.1) is 0 Å². The monoisotopic (exact) mass is 384 g/mol. The highest BCUT2D eigenvalue weighted by Crippen LogP contribution is 2.44. The molecule has 0 amide bonds. The van der Waals surface area contributed by atoms with Crippen LogP contribution in [0.1, 0.15) is 41.3 Å². The topological polar surface area (TPSA) is 85.2 Å². The Kier molecular flexibility index (Phi) is 5.49. The Hall–Kier alpha value is -3.15. The molecule has 0 saturated carbocycles. The van der Waals surface area contributed by atoms with Crippen LogP contribution in [0, 0.1) is 0 Å². The van der Waals surface area contributed by atoms with Crippen LogP contribution in [-0.4, -0.2) is 36.8 Å². The fourth-order valence-corrected chi connectivity index (χ4v) is 3.44. The minimum atomic E-state index is -0.644. The standard InChI is InChI=1S/C22H24O6/c1-12(2)5-6-15-18(26-3)8-7-14(22(15)27-4)16-11-28-19-10-13(23)9-17(24)20(19)21(16)25/h5,7-10,16,23-24H,6,11H2,1-4H3. The average Bonchev–Trinajstić information content (AvgIpc) is 2.65. The van der Waals surface area contributed by atoms with E-state index in [1.807, 2.05) is 19.9 Å². The van der Waals surface area contributed by atoms with Gasteiger partial charge in [-0.1, -0.05) is 17.7 Å². The van der Waals surface area contributed by atoms with Crippen LogP contribution in [0.4, 0.5) is 0 Å². The lowest BCUT2D eigenvalue weighted by molar-refractivity contribution is 0.0890. The highest BCUT2D eigenvalue weighted by molar-refractivity contribution is 6.07. The number of aromatic hydroxyl groups is 2. The Morgan fingerprint density at radius 2 is 1.96 bits per heavy atom. The Balaban J connectivity index is 2.10. The van der Waals surface area contributed by atoms with Gasteiger partial charge < -0.3 is 24.4 Å². The highest BCUT2D eigenvalue weighted by atomic mass is 16.5. The molecular formula is C22H24O6. The lowest BCUT2D eigenvalue weighted by Crippen LogP contribution is -2.26. The van der Waals surface area contributed by atoms with Gasteiger partial charge in [0.25, 0.3) is 0 Å². The van der Waals surface area contributed by atoms with E-state index in [1.54, 1.807) is 20.3 Å². The van der Waals surface area contributed by atoms with Gasteiger partial charge in [-0.05, 0) is 26.3 Å². The summed E-state index contributed by atoms with van der Waals surface area (Å²) in [5, 5.41) is 19.8. The van der Waals surface area contributed by atoms with Crippen molar-refractivity contribution in [2.45, 2.75) is 26.2 Å². The predicted octanol–water partition coefficient (Wildman–Crippen LogP) is 3.98. The predicted molar refractivity (Wildman–Crippen MR) is 105 cm³/mol. The summed E-state index contributed by atoms with van der Waals surface area (Å²) < 4.78 is 16.8. The van der Waals surface area contributed by atoms with Crippen molar-refractivity contribution >= 4 is 5.78 Å². The van der Waals surface area contributed by atoms with Crippen molar-refractivity contribution in [3.63, 3.8) is 0 Å². The smallest absolute Gasteiger partial charge is 0.181 e. The fraction of sp³-hybridized carbons (Fsp3) is 0.318. The third-order valence-electron chi connectivity index (χ3n) is 4.80. The van der Waals surface area contributed by atoms with Crippen LogP contribution >= 0.6 is 0 Å². The van der Waals surface area contributed by atoms with Gasteiger partial charge in [-0.25, -0.2) is 0 Å². The highest BCUT2D eigenvalue weighted by Gasteiger charge is 2.35. The van der Waals surface area contributed by atoms with Gasteiger partial charge in [-0.2, -0.15) is 0 Å².